The van der Waals surface area contributed by atoms with Crippen molar-refractivity contribution in [3.63, 3.8) is 0 Å². The van der Waals surface area contributed by atoms with E-state index < -0.39 is 0 Å². The quantitative estimate of drug-likeness (QED) is 0.800. The Kier molecular flexibility index (Phi) is 3.34. The molecule has 2 aromatic rings. The highest BCUT2D eigenvalue weighted by atomic mass is 16.2. The summed E-state index contributed by atoms with van der Waals surface area (Å²) < 4.78 is 0. The summed E-state index contributed by atoms with van der Waals surface area (Å²) in [6.45, 7) is 4.76. The van der Waals surface area contributed by atoms with Crippen LogP contribution in [0.1, 0.15) is 37.2 Å². The Labute approximate surface area is 118 Å². The maximum atomic E-state index is 11.8. The van der Waals surface area contributed by atoms with Gasteiger partial charge in [0, 0.05) is 6.54 Å². The summed E-state index contributed by atoms with van der Waals surface area (Å²) in [7, 11) is 0. The predicted octanol–water partition coefficient (Wildman–Crippen LogP) is 2.64. The number of nitrogens with zero attached hydrogens (tertiary/aromatic N) is 1. The van der Waals surface area contributed by atoms with Crippen LogP contribution in [-0.4, -0.2) is 22.5 Å². The number of aryl methyl sites for hydroxylation is 1. The fourth-order valence-corrected chi connectivity index (χ4v) is 2.22. The molecule has 3 rings (SSSR count). The van der Waals surface area contributed by atoms with Gasteiger partial charge in [0.25, 0.3) is 0 Å². The number of benzene rings is 1. The number of fused-ring (bicyclic) bond motifs is 1. The molecule has 5 nitrogen and oxygen atoms in total. The molecule has 1 heterocycles. The van der Waals surface area contributed by atoms with Gasteiger partial charge in [0.2, 0.25) is 0 Å². The molecule has 1 aliphatic rings. The number of urea groups is 1. The van der Waals surface area contributed by atoms with Gasteiger partial charge in [-0.25, -0.2) is 9.78 Å². The zero-order chi connectivity index (χ0) is 14.1. The first-order valence-corrected chi connectivity index (χ1v) is 7.12. The Morgan fingerprint density at radius 1 is 1.50 bits per heavy atom. The van der Waals surface area contributed by atoms with Gasteiger partial charge >= 0.3 is 6.03 Å². The van der Waals surface area contributed by atoms with Crippen LogP contribution in [0.15, 0.2) is 18.2 Å². The van der Waals surface area contributed by atoms with Crippen LogP contribution in [0.3, 0.4) is 0 Å². The first-order valence-electron chi connectivity index (χ1n) is 7.12. The minimum Gasteiger partial charge on any atom is -0.340 e. The third kappa shape index (κ3) is 2.92. The van der Waals surface area contributed by atoms with Crippen molar-refractivity contribution in [2.75, 3.05) is 6.54 Å². The number of aromatic nitrogens is 2. The number of imidazole rings is 1. The van der Waals surface area contributed by atoms with Crippen molar-refractivity contribution in [3.05, 3.63) is 29.6 Å². The molecule has 0 radical (unpaired) electrons. The van der Waals surface area contributed by atoms with Crippen molar-refractivity contribution < 1.29 is 4.79 Å². The number of amides is 2. The third-order valence-electron chi connectivity index (χ3n) is 3.66. The monoisotopic (exact) mass is 272 g/mol. The summed E-state index contributed by atoms with van der Waals surface area (Å²) in [6.07, 6.45) is 2.47. The average molecular weight is 272 g/mol. The maximum Gasteiger partial charge on any atom is 0.315 e. The molecule has 2 amide bonds. The molecule has 1 saturated carbocycles. The maximum absolute atomic E-state index is 11.8. The van der Waals surface area contributed by atoms with E-state index in [1.54, 1.807) is 0 Å². The van der Waals surface area contributed by atoms with Gasteiger partial charge in [0.15, 0.2) is 0 Å². The Balaban J connectivity index is 1.64. The zero-order valence-electron chi connectivity index (χ0n) is 11.9. The van der Waals surface area contributed by atoms with Crippen LogP contribution in [-0.2, 0) is 0 Å². The van der Waals surface area contributed by atoms with Gasteiger partial charge < -0.3 is 15.6 Å². The Hall–Kier alpha value is -2.04. The molecule has 1 atom stereocenters. The van der Waals surface area contributed by atoms with Crippen molar-refractivity contribution in [3.8, 4) is 0 Å². The summed E-state index contributed by atoms with van der Waals surface area (Å²) in [5.41, 5.74) is 3.13. The summed E-state index contributed by atoms with van der Waals surface area (Å²) in [4.78, 5) is 19.5. The summed E-state index contributed by atoms with van der Waals surface area (Å²) >= 11 is 0. The van der Waals surface area contributed by atoms with Gasteiger partial charge in [-0.15, -0.1) is 0 Å². The lowest BCUT2D eigenvalue weighted by atomic mass is 10.2. The Morgan fingerprint density at radius 2 is 2.30 bits per heavy atom. The molecule has 106 valence electrons. The number of H-pyrrole nitrogens is 1. The van der Waals surface area contributed by atoms with Crippen LogP contribution < -0.4 is 10.6 Å². The van der Waals surface area contributed by atoms with E-state index in [0.717, 1.165) is 23.4 Å². The number of aromatic amines is 1. The minimum absolute atomic E-state index is 0.124. The van der Waals surface area contributed by atoms with Crippen molar-refractivity contribution in [1.29, 1.82) is 0 Å². The number of hydrogen-bond acceptors (Lipinski definition) is 2. The molecule has 0 saturated heterocycles. The molecule has 0 aliphatic heterocycles. The van der Waals surface area contributed by atoms with E-state index in [9.17, 15) is 4.79 Å². The first-order chi connectivity index (χ1) is 9.61. The highest BCUT2D eigenvalue weighted by Crippen LogP contribution is 2.27. The Morgan fingerprint density at radius 3 is 3.05 bits per heavy atom. The standard InChI is InChI=1S/C15H20N4O/c1-9-3-6-12-13(7-9)19-14(18-12)10(2)17-15(20)16-8-11-4-5-11/h3,6-7,10-11H,4-5,8H2,1-2H3,(H,18,19)(H2,16,17,20)/t10-/m0/s1. The lowest BCUT2D eigenvalue weighted by Gasteiger charge is -2.12. The van der Waals surface area contributed by atoms with E-state index in [-0.39, 0.29) is 12.1 Å². The second kappa shape index (κ2) is 5.15. The molecule has 1 fully saturated rings. The SMILES string of the molecule is Cc1ccc2nc([C@H](C)NC(=O)NCC3CC3)[nH]c2c1. The molecule has 1 aromatic carbocycles. The third-order valence-corrected chi connectivity index (χ3v) is 3.66. The number of carbonyl (C=O) groups is 1. The summed E-state index contributed by atoms with van der Waals surface area (Å²) in [6, 6.07) is 5.83. The van der Waals surface area contributed by atoms with Crippen LogP contribution in [0, 0.1) is 12.8 Å². The molecular weight excluding hydrogens is 252 g/mol. The van der Waals surface area contributed by atoms with E-state index in [2.05, 4.69) is 26.7 Å². The fourth-order valence-electron chi connectivity index (χ4n) is 2.22. The van der Waals surface area contributed by atoms with E-state index in [1.807, 2.05) is 26.0 Å². The van der Waals surface area contributed by atoms with Gasteiger partial charge in [0.1, 0.15) is 5.82 Å². The molecule has 0 bridgehead atoms. The predicted molar refractivity (Wildman–Crippen MR) is 78.5 cm³/mol. The van der Waals surface area contributed by atoms with Gasteiger partial charge in [-0.05, 0) is 50.3 Å². The number of hydrogen-bond donors (Lipinski definition) is 3. The lowest BCUT2D eigenvalue weighted by Crippen LogP contribution is -2.38. The van der Waals surface area contributed by atoms with Gasteiger partial charge in [-0.2, -0.15) is 0 Å². The van der Waals surface area contributed by atoms with E-state index in [0.29, 0.717) is 5.92 Å². The molecule has 0 spiro atoms. The van der Waals surface area contributed by atoms with Crippen molar-refractivity contribution in [1.82, 2.24) is 20.6 Å². The van der Waals surface area contributed by atoms with Crippen molar-refractivity contribution in [2.24, 2.45) is 5.92 Å². The smallest absolute Gasteiger partial charge is 0.315 e. The second-order valence-electron chi connectivity index (χ2n) is 5.66. The van der Waals surface area contributed by atoms with E-state index >= 15 is 0 Å². The molecule has 20 heavy (non-hydrogen) atoms. The highest BCUT2D eigenvalue weighted by Gasteiger charge is 2.22. The largest absolute Gasteiger partial charge is 0.340 e. The second-order valence-corrected chi connectivity index (χ2v) is 5.66. The molecule has 3 N–H and O–H groups in total. The normalized spacial score (nSPS) is 16.1. The van der Waals surface area contributed by atoms with E-state index in [4.69, 9.17) is 0 Å². The van der Waals surface area contributed by atoms with Crippen molar-refractivity contribution in [2.45, 2.75) is 32.7 Å². The van der Waals surface area contributed by atoms with Crippen LogP contribution in [0.25, 0.3) is 11.0 Å². The van der Waals surface area contributed by atoms with Crippen LogP contribution in [0.2, 0.25) is 0 Å². The fraction of sp³-hybridized carbons (Fsp3) is 0.467. The molecular formula is C15H20N4O. The van der Waals surface area contributed by atoms with Gasteiger partial charge in [0.05, 0.1) is 17.1 Å². The van der Waals surface area contributed by atoms with Crippen LogP contribution in [0.4, 0.5) is 4.79 Å². The first kappa shape index (κ1) is 13.0. The number of rotatable bonds is 4. The van der Waals surface area contributed by atoms with E-state index in [1.165, 1.54) is 18.4 Å². The summed E-state index contributed by atoms with van der Waals surface area (Å²) in [5.74, 6) is 1.47. The molecule has 5 heteroatoms. The minimum atomic E-state index is -0.137. The van der Waals surface area contributed by atoms with Gasteiger partial charge in [-0.1, -0.05) is 6.07 Å². The molecule has 1 aliphatic carbocycles. The lowest BCUT2D eigenvalue weighted by molar-refractivity contribution is 0.237. The van der Waals surface area contributed by atoms with Gasteiger partial charge in [-0.3, -0.25) is 0 Å². The topological polar surface area (TPSA) is 69.8 Å². The Bertz CT molecular complexity index is 630. The van der Waals surface area contributed by atoms with Crippen molar-refractivity contribution >= 4 is 17.1 Å². The zero-order valence-corrected chi connectivity index (χ0v) is 11.9. The average Bonchev–Trinajstić information content (AvgIpc) is 3.14. The number of nitrogens with one attached hydrogen (secondary N) is 3. The molecule has 0 unspecified atom stereocenters. The molecule has 1 aromatic heterocycles. The summed E-state index contributed by atoms with van der Waals surface area (Å²) in [5, 5.41) is 5.81. The number of carbonyl (C=O) groups excluding carboxylic acids is 1. The highest BCUT2D eigenvalue weighted by molar-refractivity contribution is 5.77. The van der Waals surface area contributed by atoms with Crippen LogP contribution in [0.5, 0.6) is 0 Å². The van der Waals surface area contributed by atoms with Crippen LogP contribution >= 0.6 is 0 Å².